The zero-order valence-corrected chi connectivity index (χ0v) is 53.9. The van der Waals surface area contributed by atoms with Gasteiger partial charge in [-0.15, -0.1) is 0 Å². The number of hydrogen-bond donors (Lipinski definition) is 16. The first-order chi connectivity index (χ1) is 42.9. The van der Waals surface area contributed by atoms with Gasteiger partial charge in [0.2, 0.25) is 53.2 Å². The Morgan fingerprint density at radius 1 is 0.478 bits per heavy atom. The number of halogens is 1. The topological polar surface area (TPSA) is 468 Å². The monoisotopic (exact) mass is 1290 g/mol. The molecule has 0 bridgehead atoms. The van der Waals surface area contributed by atoms with Gasteiger partial charge in [-0.1, -0.05) is 37.3 Å². The number of aromatic nitrogens is 1. The van der Waals surface area contributed by atoms with Crippen LogP contribution in [0.1, 0.15) is 163 Å². The first kappa shape index (κ1) is 77.7. The molecule has 29 heteroatoms. The minimum atomic E-state index is -1.32. The molecule has 1 heterocycles. The highest BCUT2D eigenvalue weighted by molar-refractivity contribution is 5.88. The van der Waals surface area contributed by atoms with Crippen molar-refractivity contribution in [2.75, 3.05) is 13.1 Å². The second kappa shape index (κ2) is 36.5. The van der Waals surface area contributed by atoms with E-state index in [1.54, 1.807) is 53.8 Å². The van der Waals surface area contributed by atoms with Crippen LogP contribution in [0.5, 0.6) is 0 Å². The molecule has 3 rings (SSSR count). The number of carbonyl (C=O) groups excluding carboxylic acids is 9. The molecule has 0 fully saturated rings. The van der Waals surface area contributed by atoms with Gasteiger partial charge in [-0.3, -0.25) is 57.5 Å². The molecule has 0 aliphatic heterocycles. The second-order valence-corrected chi connectivity index (χ2v) is 25.9. The summed E-state index contributed by atoms with van der Waals surface area (Å²) in [6.45, 7) is 13.2. The molecule has 92 heavy (non-hydrogen) atoms. The lowest BCUT2D eigenvalue weighted by Gasteiger charge is -2.33. The van der Waals surface area contributed by atoms with Crippen LogP contribution in [-0.2, 0) is 70.4 Å². The zero-order chi connectivity index (χ0) is 69.1. The predicted octanol–water partition coefficient (Wildman–Crippen LogP) is 1.45. The van der Waals surface area contributed by atoms with Gasteiger partial charge in [0, 0.05) is 133 Å². The summed E-state index contributed by atoms with van der Waals surface area (Å²) in [5, 5.41) is 53.8. The van der Waals surface area contributed by atoms with Crippen molar-refractivity contribution < 1.29 is 77.2 Å². The van der Waals surface area contributed by atoms with Crippen molar-refractivity contribution in [2.24, 2.45) is 17.2 Å². The second-order valence-electron chi connectivity index (χ2n) is 25.9. The zero-order valence-electron chi connectivity index (χ0n) is 53.9. The predicted molar refractivity (Wildman–Crippen MR) is 339 cm³/mol. The van der Waals surface area contributed by atoms with Gasteiger partial charge in [0.15, 0.2) is 0 Å². The van der Waals surface area contributed by atoms with Crippen LogP contribution in [-0.4, -0.2) is 163 Å². The van der Waals surface area contributed by atoms with Crippen molar-refractivity contribution in [3.05, 3.63) is 71.7 Å². The molecule has 2 aromatic carbocycles. The minimum Gasteiger partial charge on any atom is -0.481 e. The number of aromatic amines is 1. The van der Waals surface area contributed by atoms with Crippen LogP contribution in [0.25, 0.3) is 10.9 Å². The highest BCUT2D eigenvalue weighted by Crippen LogP contribution is 2.22. The average Bonchev–Trinajstić information content (AvgIpc) is 1.65. The van der Waals surface area contributed by atoms with Gasteiger partial charge in [-0.2, -0.15) is 0 Å². The number of H-pyrrole nitrogens is 1. The van der Waals surface area contributed by atoms with Gasteiger partial charge in [0.1, 0.15) is 5.82 Å². The lowest BCUT2D eigenvalue weighted by molar-refractivity contribution is -0.141. The highest BCUT2D eigenvalue weighted by Gasteiger charge is 2.35. The van der Waals surface area contributed by atoms with Gasteiger partial charge in [-0.25, -0.2) is 4.39 Å². The van der Waals surface area contributed by atoms with Crippen LogP contribution in [0.4, 0.5) is 4.39 Å². The number of rotatable bonds is 42. The number of nitrogens with two attached hydrogens (primary N) is 3. The Morgan fingerprint density at radius 2 is 0.902 bits per heavy atom. The van der Waals surface area contributed by atoms with Crippen molar-refractivity contribution in [3.8, 4) is 0 Å². The van der Waals surface area contributed by atoms with Gasteiger partial charge in [-0.05, 0) is 123 Å². The molecule has 510 valence electrons. The molecule has 28 nitrogen and oxygen atoms in total. The molecular weight excluding hydrogens is 1200 g/mol. The average molecular weight is 1290 g/mol. The fourth-order valence-electron chi connectivity index (χ4n) is 10.7. The Bertz CT molecular complexity index is 3050. The number of carboxylic acid groups (broad SMARTS) is 3. The Labute approximate surface area is 535 Å². The smallest absolute Gasteiger partial charge is 0.305 e. The molecule has 19 N–H and O–H groups in total. The molecule has 6 atom stereocenters. The van der Waals surface area contributed by atoms with E-state index < -0.39 is 155 Å². The Balaban J connectivity index is 1.66. The third-order valence-electron chi connectivity index (χ3n) is 14.8. The summed E-state index contributed by atoms with van der Waals surface area (Å²) in [7, 11) is 0. The molecule has 3 aromatic rings. The van der Waals surface area contributed by atoms with E-state index in [0.717, 1.165) is 16.5 Å². The maximum absolute atomic E-state index is 14.4. The molecule has 0 spiro atoms. The molecule has 0 aliphatic carbocycles. The van der Waals surface area contributed by atoms with Gasteiger partial charge < -0.3 is 85.4 Å². The Morgan fingerprint density at radius 3 is 1.40 bits per heavy atom. The summed E-state index contributed by atoms with van der Waals surface area (Å²) < 4.78 is 14.4. The van der Waals surface area contributed by atoms with E-state index in [9.17, 15) is 77.2 Å². The molecule has 9 amide bonds. The fourth-order valence-corrected chi connectivity index (χ4v) is 10.7. The number of carboxylic acids is 3. The fraction of sp³-hybridized carbons (Fsp3) is 0.587. The summed E-state index contributed by atoms with van der Waals surface area (Å²) in [6, 6.07) is 7.25. The Kier molecular flexibility index (Phi) is 30.8. The Hall–Kier alpha value is -8.57. The summed E-state index contributed by atoms with van der Waals surface area (Å²) >= 11 is 0. The normalized spacial score (nSPS) is 14.0. The molecular formula is C63H96FN13O15. The largest absolute Gasteiger partial charge is 0.481 e. The van der Waals surface area contributed by atoms with Crippen LogP contribution in [0, 0.1) is 5.82 Å². The number of aliphatic carboxylic acids is 3. The number of carbonyl (C=O) groups is 12. The van der Waals surface area contributed by atoms with Crippen molar-refractivity contribution in [1.29, 1.82) is 0 Å². The molecule has 0 saturated carbocycles. The van der Waals surface area contributed by atoms with Gasteiger partial charge in [0.25, 0.3) is 0 Å². The van der Waals surface area contributed by atoms with E-state index in [0.29, 0.717) is 18.5 Å². The van der Waals surface area contributed by atoms with Crippen molar-refractivity contribution in [1.82, 2.24) is 52.8 Å². The number of para-hydroxylation sites is 1. The quantitative estimate of drug-likeness (QED) is 0.0382. The maximum atomic E-state index is 14.4. The summed E-state index contributed by atoms with van der Waals surface area (Å²) in [6.07, 6.45) is -1.97. The van der Waals surface area contributed by atoms with Crippen molar-refractivity contribution in [3.63, 3.8) is 0 Å². The number of benzene rings is 2. The maximum Gasteiger partial charge on any atom is 0.305 e. The summed E-state index contributed by atoms with van der Waals surface area (Å²) in [5.41, 5.74) is 14.7. The lowest BCUT2D eigenvalue weighted by Crippen LogP contribution is -2.54. The van der Waals surface area contributed by atoms with E-state index in [-0.39, 0.29) is 89.5 Å². The van der Waals surface area contributed by atoms with E-state index in [1.807, 2.05) is 24.3 Å². The molecule has 0 aliphatic rings. The third kappa shape index (κ3) is 31.0. The number of amides is 9. The van der Waals surface area contributed by atoms with Crippen molar-refractivity contribution in [2.45, 2.75) is 223 Å². The number of fused-ring (bicyclic) bond motifs is 1. The van der Waals surface area contributed by atoms with Crippen LogP contribution >= 0.6 is 0 Å². The molecule has 0 saturated heterocycles. The van der Waals surface area contributed by atoms with Crippen LogP contribution in [0.3, 0.4) is 0 Å². The molecule has 1 unspecified atom stereocenters. The SMILES string of the molecule is CC[C@@](C)(CC(=O)N[C@H](CC(=O)O)CC(=O)NC(C)(C)CC(=O)NC(CC(=O)N[C@@H](CCN)CC(=O)NC(C)(C)CC(=O)N[C@H](CC(=O)NC(CC(=O)O)CC(=O)O)Cc1c[nH]c2ccccc12)Cc1cccc(F)c1)NC(=O)CC(C)(C)NC(=O)C[C@@H](N)CCN. The van der Waals surface area contributed by atoms with E-state index in [4.69, 9.17) is 17.2 Å². The summed E-state index contributed by atoms with van der Waals surface area (Å²) in [4.78, 5) is 159. The first-order valence-corrected chi connectivity index (χ1v) is 30.7. The highest BCUT2D eigenvalue weighted by atomic mass is 19.1. The molecule has 0 radical (unpaired) electrons. The number of hydrogen-bond acceptors (Lipinski definition) is 15. The van der Waals surface area contributed by atoms with Crippen LogP contribution < -0.4 is 65.1 Å². The van der Waals surface area contributed by atoms with E-state index in [2.05, 4.69) is 52.8 Å². The third-order valence-corrected chi connectivity index (χ3v) is 14.8. The van der Waals surface area contributed by atoms with Gasteiger partial charge >= 0.3 is 17.9 Å². The van der Waals surface area contributed by atoms with Crippen LogP contribution in [0.2, 0.25) is 0 Å². The standard InChI is InChI=1S/C63H96FN13O15/c1-9-63(8,77-56(86)34-62(6,7)74-50(80)24-40(67)17-19-65)35-55(85)73-44(29-57(87)88)28-52(82)76-61(4,5)32-53(83)71-42(22-37-13-12-14-39(64)21-37)26-48(78)69-41(18-20-66)25-51(81)75-60(2,3)33-54(84)72-43(23-38-36-68-47-16-11-10-15-46(38)47)27-49(79)70-45(30-58(89)90)31-59(91)92/h10-16,21,36,40-45,68H,9,17-20,22-35,65-67H2,1-8H3,(H,69,78)(H,70,79)(H,71,83)(H,72,84)(H,73,85)(H,74,80)(H,75,81)(H,76,82)(H,77,86)(H,87,88)(H,89,90)(H,91,92)/t40-,41-,42?,43-,44-,63-/m0/s1. The van der Waals surface area contributed by atoms with Crippen LogP contribution in [0.15, 0.2) is 54.7 Å². The van der Waals surface area contributed by atoms with E-state index in [1.165, 1.54) is 32.0 Å². The molecule has 1 aromatic heterocycles. The first-order valence-electron chi connectivity index (χ1n) is 30.7. The summed E-state index contributed by atoms with van der Waals surface area (Å²) in [5.74, 6) is -9.87. The van der Waals surface area contributed by atoms with Gasteiger partial charge in [0.05, 0.1) is 19.3 Å². The minimum absolute atomic E-state index is 0.0123. The lowest BCUT2D eigenvalue weighted by atomic mass is 9.91. The number of nitrogens with one attached hydrogen (secondary N) is 10. The van der Waals surface area contributed by atoms with E-state index >= 15 is 0 Å². The van der Waals surface area contributed by atoms with Crippen molar-refractivity contribution >= 4 is 82.0 Å².